The molecule has 2 aliphatic rings. The molecule has 0 bridgehead atoms. The molecule has 2 fully saturated rings. The van der Waals surface area contributed by atoms with Gasteiger partial charge >= 0.3 is 0 Å². The topological polar surface area (TPSA) is 0 Å². The highest BCUT2D eigenvalue weighted by atomic mass is 32.2. The number of hydrogen-bond donors (Lipinski definition) is 0. The second-order valence-electron chi connectivity index (χ2n) is 6.46. The van der Waals surface area contributed by atoms with Gasteiger partial charge in [0.2, 0.25) is 0 Å². The Balaban J connectivity index is 2.17. The second kappa shape index (κ2) is 4.31. The van der Waals surface area contributed by atoms with E-state index in [1.165, 1.54) is 32.1 Å². The van der Waals surface area contributed by atoms with Gasteiger partial charge in [-0.1, -0.05) is 40.5 Å². The number of hydrogen-bond acceptors (Lipinski definition) is 1. The average molecular weight is 226 g/mol. The molecule has 15 heavy (non-hydrogen) atoms. The van der Waals surface area contributed by atoms with Gasteiger partial charge in [-0.05, 0) is 36.5 Å². The van der Waals surface area contributed by atoms with Crippen LogP contribution >= 0.6 is 11.8 Å². The molecule has 0 aromatic carbocycles. The maximum absolute atomic E-state index is 2.46. The van der Waals surface area contributed by atoms with Crippen LogP contribution in [-0.4, -0.2) is 10.5 Å². The van der Waals surface area contributed by atoms with Crippen LogP contribution in [0.15, 0.2) is 0 Å². The Morgan fingerprint density at radius 1 is 1.13 bits per heavy atom. The van der Waals surface area contributed by atoms with Crippen LogP contribution in [-0.2, 0) is 0 Å². The Kier molecular flexibility index (Phi) is 3.40. The summed E-state index contributed by atoms with van der Waals surface area (Å²) >= 11 is 2.33. The summed E-state index contributed by atoms with van der Waals surface area (Å²) in [5.41, 5.74) is 0.518. The van der Waals surface area contributed by atoms with Gasteiger partial charge in [0.05, 0.1) is 0 Å². The normalized spacial score (nSPS) is 41.6. The predicted molar refractivity (Wildman–Crippen MR) is 70.4 cm³/mol. The van der Waals surface area contributed by atoms with Crippen LogP contribution in [0.25, 0.3) is 0 Å². The largest absolute Gasteiger partial charge is 0.155 e. The fraction of sp³-hybridized carbons (Fsp3) is 1.00. The lowest BCUT2D eigenvalue weighted by atomic mass is 9.67. The van der Waals surface area contributed by atoms with Gasteiger partial charge in [0, 0.05) is 10.5 Å². The van der Waals surface area contributed by atoms with Crippen LogP contribution in [0.2, 0.25) is 0 Å². The van der Waals surface area contributed by atoms with E-state index >= 15 is 0 Å². The van der Waals surface area contributed by atoms with Crippen molar-refractivity contribution in [3.63, 3.8) is 0 Å². The first-order valence-electron chi connectivity index (χ1n) is 6.69. The molecule has 1 saturated carbocycles. The molecule has 0 aromatic rings. The smallest absolute Gasteiger partial charge is 0.00836 e. The fourth-order valence-corrected chi connectivity index (χ4v) is 6.07. The zero-order chi connectivity index (χ0) is 11.1. The molecule has 1 saturated heterocycles. The van der Waals surface area contributed by atoms with Gasteiger partial charge in [-0.2, -0.15) is 11.8 Å². The van der Waals surface area contributed by atoms with E-state index in [1.54, 1.807) is 0 Å². The minimum Gasteiger partial charge on any atom is -0.155 e. The van der Waals surface area contributed by atoms with Gasteiger partial charge in [0.15, 0.2) is 0 Å². The minimum atomic E-state index is 0.518. The third kappa shape index (κ3) is 2.23. The molecular weight excluding hydrogens is 200 g/mol. The monoisotopic (exact) mass is 226 g/mol. The minimum absolute atomic E-state index is 0.518. The lowest BCUT2D eigenvalue weighted by molar-refractivity contribution is 0.140. The molecule has 88 valence electrons. The van der Waals surface area contributed by atoms with E-state index in [9.17, 15) is 0 Å². The highest BCUT2D eigenvalue weighted by Crippen LogP contribution is 2.56. The Bertz CT molecular complexity index is 216. The molecule has 0 aromatic heterocycles. The summed E-state index contributed by atoms with van der Waals surface area (Å²) in [6.45, 7) is 9.75. The van der Waals surface area contributed by atoms with Gasteiger partial charge in [-0.3, -0.25) is 0 Å². The summed E-state index contributed by atoms with van der Waals surface area (Å²) in [4.78, 5) is 0. The SMILES string of the molecule is CCC1SC2CCCCC2C1C(C)(C)C. The first kappa shape index (κ1) is 11.8. The summed E-state index contributed by atoms with van der Waals surface area (Å²) in [6, 6.07) is 0. The molecule has 1 heterocycles. The molecule has 0 spiro atoms. The predicted octanol–water partition coefficient (Wildman–Crippen LogP) is 4.73. The standard InChI is InChI=1S/C14H26S/c1-5-11-13(14(2,3)4)10-8-6-7-9-12(10)15-11/h10-13H,5-9H2,1-4H3. The molecular formula is C14H26S. The molecule has 4 atom stereocenters. The van der Waals surface area contributed by atoms with Crippen molar-refractivity contribution < 1.29 is 0 Å². The van der Waals surface area contributed by atoms with Gasteiger partial charge < -0.3 is 0 Å². The van der Waals surface area contributed by atoms with Crippen molar-refractivity contribution >= 4 is 11.8 Å². The molecule has 0 amide bonds. The molecule has 0 nitrogen and oxygen atoms in total. The van der Waals surface area contributed by atoms with Gasteiger partial charge in [0.1, 0.15) is 0 Å². The second-order valence-corrected chi connectivity index (χ2v) is 7.94. The van der Waals surface area contributed by atoms with Crippen LogP contribution in [0.5, 0.6) is 0 Å². The van der Waals surface area contributed by atoms with Crippen molar-refractivity contribution in [1.29, 1.82) is 0 Å². The van der Waals surface area contributed by atoms with Crippen LogP contribution in [0.3, 0.4) is 0 Å². The molecule has 1 aliphatic heterocycles. The Morgan fingerprint density at radius 2 is 1.80 bits per heavy atom. The van der Waals surface area contributed by atoms with E-state index in [-0.39, 0.29) is 0 Å². The lowest BCUT2D eigenvalue weighted by Gasteiger charge is -2.38. The summed E-state index contributed by atoms with van der Waals surface area (Å²) in [7, 11) is 0. The Labute approximate surface area is 99.6 Å². The molecule has 1 heteroatoms. The third-order valence-electron chi connectivity index (χ3n) is 4.37. The average Bonchev–Trinajstić information content (AvgIpc) is 2.54. The maximum Gasteiger partial charge on any atom is 0.00836 e. The van der Waals surface area contributed by atoms with E-state index in [0.717, 1.165) is 22.3 Å². The van der Waals surface area contributed by atoms with Crippen molar-refractivity contribution in [3.05, 3.63) is 0 Å². The first-order chi connectivity index (χ1) is 7.04. The van der Waals surface area contributed by atoms with Crippen molar-refractivity contribution in [1.82, 2.24) is 0 Å². The maximum atomic E-state index is 2.46. The summed E-state index contributed by atoms with van der Waals surface area (Å²) in [6.07, 6.45) is 7.36. The van der Waals surface area contributed by atoms with E-state index < -0.39 is 0 Å². The summed E-state index contributed by atoms with van der Waals surface area (Å²) in [5.74, 6) is 2.01. The van der Waals surface area contributed by atoms with Crippen LogP contribution in [0.1, 0.15) is 59.8 Å². The summed E-state index contributed by atoms with van der Waals surface area (Å²) in [5, 5.41) is 1.95. The zero-order valence-corrected chi connectivity index (χ0v) is 11.6. The number of fused-ring (bicyclic) bond motifs is 1. The quantitative estimate of drug-likeness (QED) is 0.622. The van der Waals surface area contributed by atoms with Gasteiger partial charge in [-0.25, -0.2) is 0 Å². The number of thioether (sulfide) groups is 1. The molecule has 0 N–H and O–H groups in total. The summed E-state index contributed by atoms with van der Waals surface area (Å²) < 4.78 is 0. The van der Waals surface area contributed by atoms with Crippen molar-refractivity contribution in [2.24, 2.45) is 17.3 Å². The molecule has 0 radical (unpaired) electrons. The fourth-order valence-electron chi connectivity index (χ4n) is 3.84. The van der Waals surface area contributed by atoms with Crippen LogP contribution in [0, 0.1) is 17.3 Å². The zero-order valence-electron chi connectivity index (χ0n) is 10.8. The van der Waals surface area contributed by atoms with Gasteiger partial charge in [0.25, 0.3) is 0 Å². The van der Waals surface area contributed by atoms with Crippen molar-refractivity contribution in [2.45, 2.75) is 70.3 Å². The van der Waals surface area contributed by atoms with Crippen molar-refractivity contribution in [2.75, 3.05) is 0 Å². The molecule has 4 unspecified atom stereocenters. The molecule has 2 rings (SSSR count). The van der Waals surface area contributed by atoms with Crippen LogP contribution in [0.4, 0.5) is 0 Å². The highest BCUT2D eigenvalue weighted by molar-refractivity contribution is 8.00. The van der Waals surface area contributed by atoms with E-state index in [4.69, 9.17) is 0 Å². The molecule has 1 aliphatic carbocycles. The Hall–Kier alpha value is 0.350. The first-order valence-corrected chi connectivity index (χ1v) is 7.63. The number of rotatable bonds is 1. The Morgan fingerprint density at radius 3 is 2.40 bits per heavy atom. The van der Waals surface area contributed by atoms with Crippen molar-refractivity contribution in [3.8, 4) is 0 Å². The van der Waals surface area contributed by atoms with Crippen LogP contribution < -0.4 is 0 Å². The van der Waals surface area contributed by atoms with E-state index in [2.05, 4.69) is 39.5 Å². The van der Waals surface area contributed by atoms with E-state index in [0.29, 0.717) is 5.41 Å². The lowest BCUT2D eigenvalue weighted by Crippen LogP contribution is -2.34. The van der Waals surface area contributed by atoms with Gasteiger partial charge in [-0.15, -0.1) is 0 Å². The highest BCUT2D eigenvalue weighted by Gasteiger charge is 2.48. The third-order valence-corrected chi connectivity index (χ3v) is 6.28. The van der Waals surface area contributed by atoms with E-state index in [1.807, 2.05) is 0 Å².